The fourth-order valence-electron chi connectivity index (χ4n) is 4.08. The molecular weight excluding hydrogens is 338 g/mol. The highest BCUT2D eigenvalue weighted by Crippen LogP contribution is 2.35. The SMILES string of the molecule is CC(C1CC1)N(CC(=O)N1CCN(C(=O)C2CC2)CC1)Cc1ccccc1. The minimum absolute atomic E-state index is 0.206. The van der Waals surface area contributed by atoms with Crippen LogP contribution >= 0.6 is 0 Å². The van der Waals surface area contributed by atoms with Crippen LogP contribution in [0.5, 0.6) is 0 Å². The molecule has 1 aliphatic heterocycles. The Morgan fingerprint density at radius 2 is 1.63 bits per heavy atom. The van der Waals surface area contributed by atoms with Crippen LogP contribution in [0.15, 0.2) is 30.3 Å². The summed E-state index contributed by atoms with van der Waals surface area (Å²) < 4.78 is 0. The van der Waals surface area contributed by atoms with Gasteiger partial charge in [0.15, 0.2) is 0 Å². The van der Waals surface area contributed by atoms with Crippen LogP contribution in [0, 0.1) is 11.8 Å². The molecule has 1 unspecified atom stereocenters. The van der Waals surface area contributed by atoms with Crippen molar-refractivity contribution in [1.29, 1.82) is 0 Å². The maximum absolute atomic E-state index is 12.9. The molecule has 0 N–H and O–H groups in total. The smallest absolute Gasteiger partial charge is 0.236 e. The minimum Gasteiger partial charge on any atom is -0.339 e. The highest BCUT2D eigenvalue weighted by Gasteiger charge is 2.36. The number of rotatable bonds is 7. The van der Waals surface area contributed by atoms with E-state index in [1.54, 1.807) is 0 Å². The lowest BCUT2D eigenvalue weighted by Crippen LogP contribution is -2.53. The van der Waals surface area contributed by atoms with Gasteiger partial charge in [0.05, 0.1) is 6.54 Å². The first-order valence-corrected chi connectivity index (χ1v) is 10.5. The molecule has 1 aromatic carbocycles. The molecule has 27 heavy (non-hydrogen) atoms. The van der Waals surface area contributed by atoms with Crippen LogP contribution in [-0.4, -0.2) is 65.3 Å². The molecule has 3 aliphatic rings. The third-order valence-corrected chi connectivity index (χ3v) is 6.32. The van der Waals surface area contributed by atoms with E-state index in [-0.39, 0.29) is 11.8 Å². The van der Waals surface area contributed by atoms with Crippen molar-refractivity contribution in [2.45, 2.75) is 45.2 Å². The van der Waals surface area contributed by atoms with Crippen LogP contribution in [0.2, 0.25) is 0 Å². The van der Waals surface area contributed by atoms with Gasteiger partial charge in [-0.2, -0.15) is 0 Å². The Morgan fingerprint density at radius 1 is 1.00 bits per heavy atom. The highest BCUT2D eigenvalue weighted by molar-refractivity contribution is 5.82. The van der Waals surface area contributed by atoms with E-state index < -0.39 is 0 Å². The van der Waals surface area contributed by atoms with Crippen molar-refractivity contribution in [2.24, 2.45) is 11.8 Å². The normalized spacial score (nSPS) is 21.4. The van der Waals surface area contributed by atoms with Crippen molar-refractivity contribution < 1.29 is 9.59 Å². The monoisotopic (exact) mass is 369 g/mol. The molecule has 0 radical (unpaired) electrons. The summed E-state index contributed by atoms with van der Waals surface area (Å²) in [6.07, 6.45) is 4.65. The topological polar surface area (TPSA) is 43.9 Å². The number of nitrogens with zero attached hydrogens (tertiary/aromatic N) is 3. The zero-order chi connectivity index (χ0) is 18.8. The van der Waals surface area contributed by atoms with Gasteiger partial charge < -0.3 is 9.80 Å². The van der Waals surface area contributed by atoms with Crippen LogP contribution in [0.3, 0.4) is 0 Å². The van der Waals surface area contributed by atoms with Crippen LogP contribution < -0.4 is 0 Å². The van der Waals surface area contributed by atoms with Crippen molar-refractivity contribution in [2.75, 3.05) is 32.7 Å². The lowest BCUT2D eigenvalue weighted by molar-refractivity contribution is -0.141. The van der Waals surface area contributed by atoms with E-state index in [0.29, 0.717) is 44.7 Å². The number of carbonyl (C=O) groups is 2. The molecule has 3 fully saturated rings. The van der Waals surface area contributed by atoms with Gasteiger partial charge in [0, 0.05) is 44.7 Å². The molecule has 0 bridgehead atoms. The predicted molar refractivity (Wildman–Crippen MR) is 105 cm³/mol. The third kappa shape index (κ3) is 4.70. The van der Waals surface area contributed by atoms with E-state index in [0.717, 1.165) is 25.3 Å². The first kappa shape index (κ1) is 18.5. The Morgan fingerprint density at radius 3 is 2.22 bits per heavy atom. The first-order valence-electron chi connectivity index (χ1n) is 10.5. The van der Waals surface area contributed by atoms with E-state index in [4.69, 9.17) is 0 Å². The van der Waals surface area contributed by atoms with Crippen molar-refractivity contribution in [3.63, 3.8) is 0 Å². The second-order valence-corrected chi connectivity index (χ2v) is 8.45. The predicted octanol–water partition coefficient (Wildman–Crippen LogP) is 2.37. The number of amides is 2. The molecule has 0 spiro atoms. The van der Waals surface area contributed by atoms with Gasteiger partial charge in [-0.3, -0.25) is 14.5 Å². The summed E-state index contributed by atoms with van der Waals surface area (Å²) in [4.78, 5) is 31.4. The zero-order valence-electron chi connectivity index (χ0n) is 16.3. The van der Waals surface area contributed by atoms with Gasteiger partial charge in [0.25, 0.3) is 0 Å². The van der Waals surface area contributed by atoms with Gasteiger partial charge in [-0.15, -0.1) is 0 Å². The summed E-state index contributed by atoms with van der Waals surface area (Å²) in [5, 5.41) is 0. The van der Waals surface area contributed by atoms with Crippen LogP contribution in [0.25, 0.3) is 0 Å². The molecule has 5 nitrogen and oxygen atoms in total. The maximum Gasteiger partial charge on any atom is 0.236 e. The molecular formula is C22H31N3O2. The van der Waals surface area contributed by atoms with Crippen LogP contribution in [-0.2, 0) is 16.1 Å². The van der Waals surface area contributed by atoms with Crippen molar-refractivity contribution in [3.05, 3.63) is 35.9 Å². The fraction of sp³-hybridized carbons (Fsp3) is 0.636. The summed E-state index contributed by atoms with van der Waals surface area (Å²) in [5.74, 6) is 1.51. The van der Waals surface area contributed by atoms with Crippen LogP contribution in [0.1, 0.15) is 38.2 Å². The van der Waals surface area contributed by atoms with E-state index in [9.17, 15) is 9.59 Å². The van der Waals surface area contributed by atoms with Gasteiger partial charge in [-0.1, -0.05) is 30.3 Å². The molecule has 1 atom stereocenters. The highest BCUT2D eigenvalue weighted by atomic mass is 16.2. The van der Waals surface area contributed by atoms with Gasteiger partial charge in [-0.05, 0) is 44.1 Å². The molecule has 1 heterocycles. The fourth-order valence-corrected chi connectivity index (χ4v) is 4.08. The zero-order valence-corrected chi connectivity index (χ0v) is 16.3. The molecule has 2 aliphatic carbocycles. The van der Waals surface area contributed by atoms with Crippen molar-refractivity contribution in [3.8, 4) is 0 Å². The standard InChI is InChI=1S/C22H31N3O2/c1-17(19-7-8-19)25(15-18-5-3-2-4-6-18)16-21(26)23-11-13-24(14-12-23)22(27)20-9-10-20/h2-6,17,19-20H,7-16H2,1H3. The largest absolute Gasteiger partial charge is 0.339 e. The number of benzene rings is 1. The molecule has 1 aromatic rings. The summed E-state index contributed by atoms with van der Waals surface area (Å²) in [5.41, 5.74) is 1.26. The lowest BCUT2D eigenvalue weighted by atomic mass is 10.1. The van der Waals surface area contributed by atoms with E-state index >= 15 is 0 Å². The molecule has 1 saturated heterocycles. The van der Waals surface area contributed by atoms with Gasteiger partial charge in [-0.25, -0.2) is 0 Å². The molecule has 2 amide bonds. The van der Waals surface area contributed by atoms with E-state index in [1.165, 1.54) is 18.4 Å². The van der Waals surface area contributed by atoms with E-state index in [2.05, 4.69) is 36.1 Å². The maximum atomic E-state index is 12.9. The molecule has 146 valence electrons. The second-order valence-electron chi connectivity index (χ2n) is 8.45. The van der Waals surface area contributed by atoms with Crippen molar-refractivity contribution in [1.82, 2.24) is 14.7 Å². The average molecular weight is 370 g/mol. The Hall–Kier alpha value is -1.88. The van der Waals surface area contributed by atoms with E-state index in [1.807, 2.05) is 15.9 Å². The molecule has 0 aromatic heterocycles. The van der Waals surface area contributed by atoms with Gasteiger partial charge in [0.1, 0.15) is 0 Å². The molecule has 4 rings (SSSR count). The minimum atomic E-state index is 0.206. The quantitative estimate of drug-likeness (QED) is 0.741. The number of piperazine rings is 1. The average Bonchev–Trinajstić information content (AvgIpc) is 3.59. The van der Waals surface area contributed by atoms with Gasteiger partial charge in [0.2, 0.25) is 11.8 Å². The summed E-state index contributed by atoms with van der Waals surface area (Å²) in [7, 11) is 0. The summed E-state index contributed by atoms with van der Waals surface area (Å²) >= 11 is 0. The Labute approximate surface area is 162 Å². The summed E-state index contributed by atoms with van der Waals surface area (Å²) in [6, 6.07) is 10.9. The Balaban J connectivity index is 1.33. The Kier molecular flexibility index (Phi) is 5.48. The lowest BCUT2D eigenvalue weighted by Gasteiger charge is -2.37. The molecule has 2 saturated carbocycles. The summed E-state index contributed by atoms with van der Waals surface area (Å²) in [6.45, 7) is 6.30. The van der Waals surface area contributed by atoms with Crippen molar-refractivity contribution >= 4 is 11.8 Å². The van der Waals surface area contributed by atoms with Crippen LogP contribution in [0.4, 0.5) is 0 Å². The number of hydrogen-bond donors (Lipinski definition) is 0. The van der Waals surface area contributed by atoms with Gasteiger partial charge >= 0.3 is 0 Å². The first-order chi connectivity index (χ1) is 13.1. The third-order valence-electron chi connectivity index (χ3n) is 6.32. The molecule has 5 heteroatoms. The number of carbonyl (C=O) groups excluding carboxylic acids is 2. The Bertz CT molecular complexity index is 661. The number of hydrogen-bond acceptors (Lipinski definition) is 3. The second kappa shape index (κ2) is 8.01.